The predicted octanol–water partition coefficient (Wildman–Crippen LogP) is 3.85. The van der Waals surface area contributed by atoms with E-state index in [9.17, 15) is 4.79 Å². The molecule has 1 saturated carbocycles. The van der Waals surface area contributed by atoms with Gasteiger partial charge in [0.25, 0.3) is 5.91 Å². The number of anilines is 2. The van der Waals surface area contributed by atoms with Gasteiger partial charge >= 0.3 is 0 Å². The molecule has 2 fully saturated rings. The van der Waals surface area contributed by atoms with Gasteiger partial charge in [0.2, 0.25) is 5.95 Å². The summed E-state index contributed by atoms with van der Waals surface area (Å²) in [6.07, 6.45) is 7.58. The van der Waals surface area contributed by atoms with E-state index in [0.29, 0.717) is 23.7 Å². The lowest BCUT2D eigenvalue weighted by molar-refractivity contribution is 0.0734. The summed E-state index contributed by atoms with van der Waals surface area (Å²) < 4.78 is 0. The zero-order valence-electron chi connectivity index (χ0n) is 20.3. The fourth-order valence-electron chi connectivity index (χ4n) is 5.61. The number of nitrogens with zero attached hydrogens (tertiary/aromatic N) is 6. The molecule has 1 amide bonds. The van der Waals surface area contributed by atoms with E-state index < -0.39 is 0 Å². The molecule has 34 heavy (non-hydrogen) atoms. The second-order valence-electron chi connectivity index (χ2n) is 9.94. The van der Waals surface area contributed by atoms with E-state index in [1.807, 2.05) is 36.0 Å². The van der Waals surface area contributed by atoms with Crippen LogP contribution in [-0.4, -0.2) is 78.5 Å². The summed E-state index contributed by atoms with van der Waals surface area (Å²) >= 11 is 6.30. The van der Waals surface area contributed by atoms with E-state index in [4.69, 9.17) is 21.6 Å². The van der Waals surface area contributed by atoms with Crippen LogP contribution in [0.25, 0.3) is 0 Å². The summed E-state index contributed by atoms with van der Waals surface area (Å²) in [6, 6.07) is 8.02. The molecular formula is C26H35ClN6O. The van der Waals surface area contributed by atoms with Gasteiger partial charge in [-0.05, 0) is 25.0 Å². The third kappa shape index (κ3) is 4.73. The second-order valence-corrected chi connectivity index (χ2v) is 10.3. The number of piperazine rings is 1. The molecule has 2 aliphatic heterocycles. The smallest absolute Gasteiger partial charge is 0.255 e. The van der Waals surface area contributed by atoms with E-state index in [-0.39, 0.29) is 5.91 Å². The van der Waals surface area contributed by atoms with Crippen molar-refractivity contribution < 1.29 is 4.79 Å². The van der Waals surface area contributed by atoms with Gasteiger partial charge in [-0.2, -0.15) is 4.98 Å². The van der Waals surface area contributed by atoms with Crippen LogP contribution in [0, 0.1) is 0 Å². The molecule has 1 aromatic heterocycles. The Labute approximate surface area is 207 Å². The minimum absolute atomic E-state index is 0.0381. The van der Waals surface area contributed by atoms with Crippen LogP contribution in [0.5, 0.6) is 0 Å². The minimum Gasteiger partial charge on any atom is -0.362 e. The van der Waals surface area contributed by atoms with Crippen molar-refractivity contribution in [3.63, 3.8) is 0 Å². The van der Waals surface area contributed by atoms with Gasteiger partial charge in [-0.25, -0.2) is 4.98 Å². The number of rotatable bonds is 4. The van der Waals surface area contributed by atoms with Gasteiger partial charge in [-0.15, -0.1) is 0 Å². The first-order valence-electron chi connectivity index (χ1n) is 12.6. The lowest BCUT2D eigenvalue weighted by Crippen LogP contribution is -2.51. The molecule has 0 atom stereocenters. The van der Waals surface area contributed by atoms with Crippen LogP contribution in [-0.2, 0) is 13.0 Å². The highest BCUT2D eigenvalue weighted by atomic mass is 35.5. The quantitative estimate of drug-likeness (QED) is 0.659. The molecule has 5 rings (SSSR count). The van der Waals surface area contributed by atoms with Crippen LogP contribution in [0.1, 0.15) is 53.7 Å². The Kier molecular flexibility index (Phi) is 6.93. The number of amides is 1. The molecule has 1 aromatic carbocycles. The Morgan fingerprint density at radius 1 is 1.00 bits per heavy atom. The summed E-state index contributed by atoms with van der Waals surface area (Å²) in [5.41, 5.74) is 2.65. The summed E-state index contributed by atoms with van der Waals surface area (Å²) in [6.45, 7) is 5.25. The van der Waals surface area contributed by atoms with Crippen molar-refractivity contribution in [2.45, 2.75) is 51.1 Å². The Bertz CT molecular complexity index is 1030. The maximum absolute atomic E-state index is 13.2. The monoisotopic (exact) mass is 482 g/mol. The van der Waals surface area contributed by atoms with Crippen molar-refractivity contribution in [2.75, 3.05) is 56.6 Å². The average molecular weight is 483 g/mol. The molecule has 0 radical (unpaired) electrons. The highest BCUT2D eigenvalue weighted by Gasteiger charge is 2.30. The van der Waals surface area contributed by atoms with E-state index in [1.165, 1.54) is 32.1 Å². The van der Waals surface area contributed by atoms with Crippen LogP contribution in [0.15, 0.2) is 24.3 Å². The molecule has 3 aliphatic rings. The van der Waals surface area contributed by atoms with Crippen LogP contribution < -0.4 is 9.80 Å². The van der Waals surface area contributed by atoms with Gasteiger partial charge in [0.1, 0.15) is 5.82 Å². The molecule has 2 aromatic rings. The highest BCUT2D eigenvalue weighted by molar-refractivity contribution is 6.33. The van der Waals surface area contributed by atoms with Gasteiger partial charge in [0.05, 0.1) is 22.8 Å². The van der Waals surface area contributed by atoms with E-state index in [1.54, 1.807) is 12.1 Å². The predicted molar refractivity (Wildman–Crippen MR) is 137 cm³/mol. The van der Waals surface area contributed by atoms with Crippen molar-refractivity contribution in [1.82, 2.24) is 19.8 Å². The lowest BCUT2D eigenvalue weighted by Gasteiger charge is -2.41. The van der Waals surface area contributed by atoms with Crippen molar-refractivity contribution >= 4 is 29.3 Å². The van der Waals surface area contributed by atoms with Gasteiger partial charge in [-0.3, -0.25) is 9.69 Å². The maximum Gasteiger partial charge on any atom is 0.255 e. The summed E-state index contributed by atoms with van der Waals surface area (Å²) in [7, 11) is 4.03. The van der Waals surface area contributed by atoms with E-state index in [0.717, 1.165) is 61.7 Å². The van der Waals surface area contributed by atoms with Crippen molar-refractivity contribution in [3.8, 4) is 0 Å². The lowest BCUT2D eigenvalue weighted by atomic mass is 9.94. The Hall–Kier alpha value is -2.38. The third-order valence-corrected chi connectivity index (χ3v) is 7.86. The molecule has 1 aliphatic carbocycles. The minimum atomic E-state index is -0.0381. The number of aromatic nitrogens is 2. The molecule has 8 heteroatoms. The first kappa shape index (κ1) is 23.4. The molecular weight excluding hydrogens is 448 g/mol. The number of hydrogen-bond acceptors (Lipinski definition) is 6. The van der Waals surface area contributed by atoms with Gasteiger partial charge < -0.3 is 14.7 Å². The number of carbonyl (C=O) groups excluding carboxylic acids is 1. The Balaban J connectivity index is 1.33. The van der Waals surface area contributed by atoms with E-state index >= 15 is 0 Å². The SMILES string of the molecule is CN(C)c1nc(N2CCN(C3CCCCC3)CC2)nc2c1CN(C(=O)c1ccccc1Cl)CC2. The molecule has 3 heterocycles. The molecule has 0 unspecified atom stereocenters. The number of halogens is 1. The van der Waals surface area contributed by atoms with Crippen LogP contribution in [0.3, 0.4) is 0 Å². The van der Waals surface area contributed by atoms with Gasteiger partial charge in [0.15, 0.2) is 0 Å². The molecule has 182 valence electrons. The zero-order chi connectivity index (χ0) is 23.7. The van der Waals surface area contributed by atoms with Crippen molar-refractivity contribution in [1.29, 1.82) is 0 Å². The average Bonchev–Trinajstić information content (AvgIpc) is 2.88. The zero-order valence-corrected chi connectivity index (χ0v) is 21.1. The highest BCUT2D eigenvalue weighted by Crippen LogP contribution is 2.30. The number of hydrogen-bond donors (Lipinski definition) is 0. The van der Waals surface area contributed by atoms with Crippen LogP contribution in [0.2, 0.25) is 5.02 Å². The summed E-state index contributed by atoms with van der Waals surface area (Å²) in [5.74, 6) is 1.70. The fourth-order valence-corrected chi connectivity index (χ4v) is 5.82. The van der Waals surface area contributed by atoms with Crippen LogP contribution >= 0.6 is 11.6 Å². The molecule has 0 N–H and O–H groups in total. The van der Waals surface area contributed by atoms with E-state index in [2.05, 4.69) is 9.80 Å². The largest absolute Gasteiger partial charge is 0.362 e. The Morgan fingerprint density at radius 3 is 2.44 bits per heavy atom. The standard InChI is InChI=1S/C26H35ClN6O/c1-30(2)24-21-18-33(25(34)20-10-6-7-11-22(20)27)13-12-23(21)28-26(29-24)32-16-14-31(15-17-32)19-8-4-3-5-9-19/h6-7,10-11,19H,3-5,8-9,12-18H2,1-2H3. The fraction of sp³-hybridized carbons (Fsp3) is 0.577. The first-order chi connectivity index (χ1) is 16.5. The third-order valence-electron chi connectivity index (χ3n) is 7.53. The van der Waals surface area contributed by atoms with Crippen molar-refractivity contribution in [3.05, 3.63) is 46.1 Å². The van der Waals surface area contributed by atoms with Gasteiger partial charge in [0, 0.05) is 64.8 Å². The van der Waals surface area contributed by atoms with Crippen molar-refractivity contribution in [2.24, 2.45) is 0 Å². The van der Waals surface area contributed by atoms with Gasteiger partial charge in [-0.1, -0.05) is 43.0 Å². The second kappa shape index (κ2) is 10.1. The maximum atomic E-state index is 13.2. The number of carbonyl (C=O) groups is 1. The molecule has 0 spiro atoms. The summed E-state index contributed by atoms with van der Waals surface area (Å²) in [4.78, 5) is 32.1. The summed E-state index contributed by atoms with van der Waals surface area (Å²) in [5, 5.41) is 0.491. The Morgan fingerprint density at radius 2 is 1.74 bits per heavy atom. The molecule has 0 bridgehead atoms. The first-order valence-corrected chi connectivity index (χ1v) is 13.0. The van der Waals surface area contributed by atoms with Crippen LogP contribution in [0.4, 0.5) is 11.8 Å². The topological polar surface area (TPSA) is 55.8 Å². The molecule has 7 nitrogen and oxygen atoms in total. The normalized spacial score (nSPS) is 19.7. The molecule has 1 saturated heterocycles. The number of benzene rings is 1. The number of fused-ring (bicyclic) bond motifs is 1.